The molecule has 130 valence electrons. The van der Waals surface area contributed by atoms with Crippen LogP contribution < -0.4 is 0 Å². The van der Waals surface area contributed by atoms with Crippen molar-refractivity contribution in [1.82, 2.24) is 0 Å². The molecule has 23 heavy (non-hydrogen) atoms. The van der Waals surface area contributed by atoms with Crippen LogP contribution in [-0.2, 0) is 23.8 Å². The quantitative estimate of drug-likeness (QED) is 0.554. The van der Waals surface area contributed by atoms with E-state index in [0.29, 0.717) is 17.8 Å². The molecule has 0 spiro atoms. The zero-order chi connectivity index (χ0) is 17.8. The minimum atomic E-state index is -0.536. The van der Waals surface area contributed by atoms with Gasteiger partial charge >= 0.3 is 11.9 Å². The molecule has 5 nitrogen and oxygen atoms in total. The van der Waals surface area contributed by atoms with Gasteiger partial charge in [-0.15, -0.1) is 0 Å². The van der Waals surface area contributed by atoms with E-state index in [0.717, 1.165) is 6.42 Å². The van der Waals surface area contributed by atoms with E-state index in [1.165, 1.54) is 0 Å². The highest BCUT2D eigenvalue weighted by Gasteiger charge is 2.47. The van der Waals surface area contributed by atoms with E-state index in [-0.39, 0.29) is 24.1 Å². The van der Waals surface area contributed by atoms with Crippen LogP contribution in [0.2, 0.25) is 0 Å². The van der Waals surface area contributed by atoms with E-state index in [4.69, 9.17) is 14.2 Å². The van der Waals surface area contributed by atoms with Gasteiger partial charge in [-0.3, -0.25) is 0 Å². The molecule has 0 amide bonds. The van der Waals surface area contributed by atoms with Gasteiger partial charge < -0.3 is 14.2 Å². The first kappa shape index (κ1) is 19.4. The molecule has 0 bridgehead atoms. The lowest BCUT2D eigenvalue weighted by molar-refractivity contribution is -0.194. The van der Waals surface area contributed by atoms with Crippen LogP contribution in [0.4, 0.5) is 0 Å². The Morgan fingerprint density at radius 3 is 2.30 bits per heavy atom. The monoisotopic (exact) mass is 324 g/mol. The first-order chi connectivity index (χ1) is 10.5. The summed E-state index contributed by atoms with van der Waals surface area (Å²) in [5.41, 5.74) is 0.0297. The van der Waals surface area contributed by atoms with E-state index in [1.807, 2.05) is 27.7 Å². The summed E-state index contributed by atoms with van der Waals surface area (Å²) in [4.78, 5) is 23.6. The first-order valence-corrected chi connectivity index (χ1v) is 7.87. The van der Waals surface area contributed by atoms with Crippen LogP contribution >= 0.6 is 0 Å². The van der Waals surface area contributed by atoms with Gasteiger partial charge in [0.15, 0.2) is 0 Å². The molecule has 2 unspecified atom stereocenters. The van der Waals surface area contributed by atoms with Crippen LogP contribution in [0, 0.1) is 5.41 Å². The third kappa shape index (κ3) is 5.20. The van der Waals surface area contributed by atoms with Gasteiger partial charge in [-0.25, -0.2) is 9.59 Å². The molecule has 0 N–H and O–H groups in total. The molecule has 1 aliphatic heterocycles. The maximum absolute atomic E-state index is 12.0. The highest BCUT2D eigenvalue weighted by Crippen LogP contribution is 2.40. The van der Waals surface area contributed by atoms with Crippen molar-refractivity contribution >= 4 is 11.9 Å². The molecular weight excluding hydrogens is 296 g/mol. The molecule has 0 saturated carbocycles. The zero-order valence-corrected chi connectivity index (χ0v) is 15.0. The Bertz CT molecular complexity index is 508. The maximum atomic E-state index is 12.0. The summed E-state index contributed by atoms with van der Waals surface area (Å²) in [6.07, 6.45) is 2.27. The van der Waals surface area contributed by atoms with Crippen LogP contribution in [0.1, 0.15) is 48.0 Å². The predicted molar refractivity (Wildman–Crippen MR) is 87.8 cm³/mol. The normalized spacial score (nSPS) is 24.6. The lowest BCUT2D eigenvalue weighted by Crippen LogP contribution is -2.54. The Hall–Kier alpha value is -1.62. The van der Waals surface area contributed by atoms with E-state index >= 15 is 0 Å². The van der Waals surface area contributed by atoms with Crippen molar-refractivity contribution in [1.29, 1.82) is 0 Å². The van der Waals surface area contributed by atoms with Gasteiger partial charge in [0, 0.05) is 11.1 Å². The van der Waals surface area contributed by atoms with Crippen LogP contribution in [0.3, 0.4) is 0 Å². The topological polar surface area (TPSA) is 61.8 Å². The number of carbonyl (C=O) groups excluding carboxylic acids is 2. The fraction of sp³-hybridized carbons (Fsp3) is 0.667. The van der Waals surface area contributed by atoms with E-state index in [1.54, 1.807) is 19.9 Å². The molecule has 1 saturated heterocycles. The molecule has 1 aliphatic rings. The van der Waals surface area contributed by atoms with Gasteiger partial charge in [-0.05, 0) is 47.1 Å². The number of rotatable bonds is 6. The number of hydrogen-bond acceptors (Lipinski definition) is 5. The van der Waals surface area contributed by atoms with Crippen LogP contribution in [0.15, 0.2) is 23.8 Å². The molecule has 5 heteroatoms. The molecule has 1 rings (SSSR count). The highest BCUT2D eigenvalue weighted by atomic mass is 16.6. The van der Waals surface area contributed by atoms with Gasteiger partial charge in [0.2, 0.25) is 0 Å². The van der Waals surface area contributed by atoms with Gasteiger partial charge in [-0.1, -0.05) is 13.5 Å². The summed E-state index contributed by atoms with van der Waals surface area (Å²) >= 11 is 0. The average Bonchev–Trinajstić information content (AvgIpc) is 2.41. The summed E-state index contributed by atoms with van der Waals surface area (Å²) in [7, 11) is 0. The second-order valence-electron chi connectivity index (χ2n) is 7.16. The van der Waals surface area contributed by atoms with Crippen molar-refractivity contribution in [2.75, 3.05) is 13.2 Å². The third-order valence-electron chi connectivity index (χ3n) is 3.82. The Balaban J connectivity index is 2.75. The first-order valence-electron chi connectivity index (χ1n) is 7.87. The van der Waals surface area contributed by atoms with Gasteiger partial charge in [-0.2, -0.15) is 0 Å². The van der Waals surface area contributed by atoms with Crippen LogP contribution in [0.5, 0.6) is 0 Å². The third-order valence-corrected chi connectivity index (χ3v) is 3.82. The number of ether oxygens (including phenoxy) is 3. The van der Waals surface area contributed by atoms with Crippen LogP contribution in [-0.4, -0.2) is 36.9 Å². The SMILES string of the molecule is C=C(C)C(=O)OCC1(CC)COC1/C=C(\C)C(=O)OC(C)(C)C. The summed E-state index contributed by atoms with van der Waals surface area (Å²) in [5, 5.41) is 0. The number of hydrogen-bond donors (Lipinski definition) is 0. The summed E-state index contributed by atoms with van der Waals surface area (Å²) in [5.74, 6) is -0.770. The highest BCUT2D eigenvalue weighted by molar-refractivity contribution is 5.88. The fourth-order valence-corrected chi connectivity index (χ4v) is 2.16. The molecule has 0 aliphatic carbocycles. The smallest absolute Gasteiger partial charge is 0.334 e. The minimum absolute atomic E-state index is 0.248. The molecule has 0 radical (unpaired) electrons. The van der Waals surface area contributed by atoms with E-state index < -0.39 is 11.6 Å². The van der Waals surface area contributed by atoms with Crippen molar-refractivity contribution in [2.45, 2.75) is 59.7 Å². The molecule has 1 fully saturated rings. The predicted octanol–water partition coefficient (Wildman–Crippen LogP) is 3.19. The Morgan fingerprint density at radius 1 is 1.30 bits per heavy atom. The average molecular weight is 324 g/mol. The minimum Gasteiger partial charge on any atom is -0.462 e. The second kappa shape index (κ2) is 7.30. The van der Waals surface area contributed by atoms with Crippen molar-refractivity contribution in [3.05, 3.63) is 23.8 Å². The standard InChI is InChI=1S/C18H28O5/c1-8-18(11-22-15(19)12(2)3)10-21-14(18)9-13(4)16(20)23-17(5,6)7/h9,14H,2,8,10-11H2,1,3-7H3/b13-9+. The van der Waals surface area contributed by atoms with Crippen molar-refractivity contribution in [3.63, 3.8) is 0 Å². The fourth-order valence-electron chi connectivity index (χ4n) is 2.16. The molecule has 1 heterocycles. The van der Waals surface area contributed by atoms with Gasteiger partial charge in [0.1, 0.15) is 12.2 Å². The largest absolute Gasteiger partial charge is 0.462 e. The zero-order valence-electron chi connectivity index (χ0n) is 15.0. The summed E-state index contributed by atoms with van der Waals surface area (Å²) < 4.78 is 16.2. The van der Waals surface area contributed by atoms with Gasteiger partial charge in [0.25, 0.3) is 0 Å². The van der Waals surface area contributed by atoms with Crippen molar-refractivity contribution in [2.24, 2.45) is 5.41 Å². The molecule has 0 aromatic rings. The molecule has 0 aromatic heterocycles. The molecular formula is C18H28O5. The number of carbonyl (C=O) groups is 2. The Morgan fingerprint density at radius 2 is 1.91 bits per heavy atom. The lowest BCUT2D eigenvalue weighted by atomic mass is 9.76. The Kier molecular flexibility index (Phi) is 6.17. The summed E-state index contributed by atoms with van der Waals surface area (Å²) in [6, 6.07) is 0. The van der Waals surface area contributed by atoms with Gasteiger partial charge in [0.05, 0.1) is 18.1 Å². The molecule has 2 atom stereocenters. The van der Waals surface area contributed by atoms with Crippen molar-refractivity contribution in [3.8, 4) is 0 Å². The van der Waals surface area contributed by atoms with Crippen LogP contribution in [0.25, 0.3) is 0 Å². The van der Waals surface area contributed by atoms with Crippen molar-refractivity contribution < 1.29 is 23.8 Å². The van der Waals surface area contributed by atoms with E-state index in [2.05, 4.69) is 6.58 Å². The number of esters is 2. The molecule has 0 aromatic carbocycles. The lowest BCUT2D eigenvalue weighted by Gasteiger charge is -2.47. The Labute approximate surface area is 138 Å². The summed E-state index contributed by atoms with van der Waals surface area (Å²) in [6.45, 7) is 15.1. The van der Waals surface area contributed by atoms with E-state index in [9.17, 15) is 9.59 Å². The maximum Gasteiger partial charge on any atom is 0.334 e. The second-order valence-corrected chi connectivity index (χ2v) is 7.16.